The molecule has 1 aromatic rings. The topological polar surface area (TPSA) is 28.2 Å². The molecule has 0 atom stereocenters. The smallest absolute Gasteiger partial charge is 0.0445 e. The first-order valence-electron chi connectivity index (χ1n) is 7.14. The van der Waals surface area contributed by atoms with Gasteiger partial charge in [0.1, 0.15) is 0 Å². The summed E-state index contributed by atoms with van der Waals surface area (Å²) in [7, 11) is 0. The van der Waals surface area contributed by atoms with Crippen LogP contribution in [0.4, 0.5) is 5.69 Å². The molecule has 0 bridgehead atoms. The van der Waals surface area contributed by atoms with Crippen LogP contribution in [0.3, 0.4) is 0 Å². The lowest BCUT2D eigenvalue weighted by molar-refractivity contribution is 0.701. The molecule has 0 amide bonds. The molecule has 0 fully saturated rings. The molecular weight excluding hydrogens is 222 g/mol. The van der Waals surface area contributed by atoms with Gasteiger partial charge in [-0.15, -0.1) is 0 Å². The van der Waals surface area contributed by atoms with Gasteiger partial charge in [0.15, 0.2) is 0 Å². The molecule has 1 N–H and O–H groups in total. The van der Waals surface area contributed by atoms with E-state index in [9.17, 15) is 0 Å². The number of rotatable bonds is 8. The van der Waals surface area contributed by atoms with E-state index in [0.29, 0.717) is 0 Å². The van der Waals surface area contributed by atoms with Crippen LogP contribution in [-0.4, -0.2) is 24.6 Å². The highest BCUT2D eigenvalue weighted by atomic mass is 15.1. The van der Waals surface area contributed by atoms with Crippen molar-refractivity contribution in [2.45, 2.75) is 47.1 Å². The summed E-state index contributed by atoms with van der Waals surface area (Å²) in [5.74, 6) is 0. The fraction of sp³-hybridized carbons (Fsp3) is 0.667. The van der Waals surface area contributed by atoms with Crippen molar-refractivity contribution in [3.8, 4) is 0 Å². The van der Waals surface area contributed by atoms with Gasteiger partial charge in [-0.05, 0) is 32.9 Å². The average Bonchev–Trinajstić information content (AvgIpc) is 2.38. The Hall–Kier alpha value is -1.09. The summed E-state index contributed by atoms with van der Waals surface area (Å²) < 4.78 is 0. The van der Waals surface area contributed by atoms with Gasteiger partial charge in [-0.2, -0.15) is 0 Å². The fourth-order valence-corrected chi connectivity index (χ4v) is 2.06. The largest absolute Gasteiger partial charge is 0.371 e. The van der Waals surface area contributed by atoms with Crippen molar-refractivity contribution in [2.75, 3.05) is 24.5 Å². The van der Waals surface area contributed by atoms with Gasteiger partial charge in [0.05, 0.1) is 0 Å². The first kappa shape index (κ1) is 15.0. The molecule has 1 heterocycles. The van der Waals surface area contributed by atoms with Crippen LogP contribution in [-0.2, 0) is 6.54 Å². The Morgan fingerprint density at radius 1 is 1.28 bits per heavy atom. The van der Waals surface area contributed by atoms with Crippen molar-refractivity contribution >= 4 is 5.69 Å². The second-order valence-corrected chi connectivity index (χ2v) is 4.67. The van der Waals surface area contributed by atoms with Crippen LogP contribution in [0.2, 0.25) is 0 Å². The quantitative estimate of drug-likeness (QED) is 0.767. The minimum Gasteiger partial charge on any atom is -0.371 e. The van der Waals surface area contributed by atoms with Gasteiger partial charge in [0.25, 0.3) is 0 Å². The average molecular weight is 249 g/mol. The number of nitrogens with zero attached hydrogens (tertiary/aromatic N) is 2. The van der Waals surface area contributed by atoms with Gasteiger partial charge in [0.2, 0.25) is 0 Å². The number of hydrogen-bond donors (Lipinski definition) is 1. The lowest BCUT2D eigenvalue weighted by Crippen LogP contribution is -2.26. The van der Waals surface area contributed by atoms with Gasteiger partial charge >= 0.3 is 0 Å². The molecule has 1 aromatic heterocycles. The highest BCUT2D eigenvalue weighted by Crippen LogP contribution is 2.21. The van der Waals surface area contributed by atoms with E-state index in [4.69, 9.17) is 0 Å². The number of hydrogen-bond acceptors (Lipinski definition) is 3. The molecular formula is C15H27N3. The van der Waals surface area contributed by atoms with Gasteiger partial charge in [-0.25, -0.2) is 0 Å². The van der Waals surface area contributed by atoms with Crippen LogP contribution in [0.25, 0.3) is 0 Å². The van der Waals surface area contributed by atoms with E-state index in [1.165, 1.54) is 24.1 Å². The van der Waals surface area contributed by atoms with E-state index in [0.717, 1.165) is 31.9 Å². The second kappa shape index (κ2) is 8.09. The highest BCUT2D eigenvalue weighted by molar-refractivity contribution is 5.53. The van der Waals surface area contributed by atoms with Crippen molar-refractivity contribution in [1.29, 1.82) is 0 Å². The van der Waals surface area contributed by atoms with E-state index >= 15 is 0 Å². The van der Waals surface area contributed by atoms with E-state index in [1.54, 1.807) is 0 Å². The zero-order valence-corrected chi connectivity index (χ0v) is 12.3. The van der Waals surface area contributed by atoms with E-state index in [1.807, 2.05) is 6.20 Å². The lowest BCUT2D eigenvalue weighted by Gasteiger charge is -2.26. The Kier molecular flexibility index (Phi) is 6.73. The summed E-state index contributed by atoms with van der Waals surface area (Å²) in [5.41, 5.74) is 3.75. The molecule has 0 aromatic carbocycles. The van der Waals surface area contributed by atoms with Crippen molar-refractivity contribution in [3.63, 3.8) is 0 Å². The monoisotopic (exact) mass is 249 g/mol. The normalized spacial score (nSPS) is 10.7. The molecule has 0 radical (unpaired) electrons. The third-order valence-corrected chi connectivity index (χ3v) is 3.17. The van der Waals surface area contributed by atoms with Crippen molar-refractivity contribution in [3.05, 3.63) is 23.5 Å². The van der Waals surface area contributed by atoms with Crippen molar-refractivity contribution < 1.29 is 0 Å². The maximum absolute atomic E-state index is 4.42. The Bertz CT molecular complexity index is 350. The van der Waals surface area contributed by atoms with Gasteiger partial charge in [0, 0.05) is 42.8 Å². The van der Waals surface area contributed by atoms with Crippen molar-refractivity contribution in [2.24, 2.45) is 0 Å². The number of unbranched alkanes of at least 4 members (excludes halogenated alkanes) is 1. The van der Waals surface area contributed by atoms with Crippen LogP contribution in [0.1, 0.15) is 44.9 Å². The predicted molar refractivity (Wildman–Crippen MR) is 79.1 cm³/mol. The second-order valence-electron chi connectivity index (χ2n) is 4.67. The van der Waals surface area contributed by atoms with Crippen LogP contribution in [0.5, 0.6) is 0 Å². The molecule has 0 unspecified atom stereocenters. The molecule has 18 heavy (non-hydrogen) atoms. The van der Waals surface area contributed by atoms with Gasteiger partial charge in [-0.3, -0.25) is 4.98 Å². The Morgan fingerprint density at radius 2 is 2.06 bits per heavy atom. The number of pyridine rings is 1. The van der Waals surface area contributed by atoms with Crippen LogP contribution < -0.4 is 10.2 Å². The SMILES string of the molecule is CCCCN(CC)c1cc(C)ncc1CNCC. The minimum atomic E-state index is 0.905. The standard InChI is InChI=1S/C15H27N3/c1-5-8-9-18(7-3)15-10-13(4)17-12-14(15)11-16-6-2/h10,12,16H,5-9,11H2,1-4H3. The zero-order valence-electron chi connectivity index (χ0n) is 12.3. The Labute approximate surface area is 112 Å². The molecule has 0 aliphatic carbocycles. The van der Waals surface area contributed by atoms with E-state index in [-0.39, 0.29) is 0 Å². The highest BCUT2D eigenvalue weighted by Gasteiger charge is 2.10. The molecule has 0 spiro atoms. The number of nitrogens with one attached hydrogen (secondary N) is 1. The Morgan fingerprint density at radius 3 is 2.67 bits per heavy atom. The summed E-state index contributed by atoms with van der Waals surface area (Å²) >= 11 is 0. The molecule has 0 saturated carbocycles. The first-order valence-corrected chi connectivity index (χ1v) is 7.14. The summed E-state index contributed by atoms with van der Waals surface area (Å²) in [6.07, 6.45) is 4.50. The van der Waals surface area contributed by atoms with Crippen molar-refractivity contribution in [1.82, 2.24) is 10.3 Å². The third kappa shape index (κ3) is 4.30. The lowest BCUT2D eigenvalue weighted by atomic mass is 10.1. The van der Waals surface area contributed by atoms with Crippen LogP contribution in [0.15, 0.2) is 12.3 Å². The van der Waals surface area contributed by atoms with Crippen LogP contribution in [0, 0.1) is 6.92 Å². The summed E-state index contributed by atoms with van der Waals surface area (Å²) in [6, 6.07) is 2.21. The number of aromatic nitrogens is 1. The van der Waals surface area contributed by atoms with Crippen LogP contribution >= 0.6 is 0 Å². The number of anilines is 1. The van der Waals surface area contributed by atoms with Gasteiger partial charge < -0.3 is 10.2 Å². The van der Waals surface area contributed by atoms with E-state index in [2.05, 4.69) is 49.0 Å². The molecule has 0 saturated heterocycles. The molecule has 0 aliphatic rings. The maximum atomic E-state index is 4.42. The molecule has 102 valence electrons. The fourth-order valence-electron chi connectivity index (χ4n) is 2.06. The maximum Gasteiger partial charge on any atom is 0.0445 e. The third-order valence-electron chi connectivity index (χ3n) is 3.17. The zero-order chi connectivity index (χ0) is 13.4. The molecule has 3 heteroatoms. The molecule has 1 rings (SSSR count). The summed E-state index contributed by atoms with van der Waals surface area (Å²) in [5, 5.41) is 3.39. The molecule has 0 aliphatic heterocycles. The summed E-state index contributed by atoms with van der Waals surface area (Å²) in [6.45, 7) is 12.8. The number of aryl methyl sites for hydroxylation is 1. The van der Waals surface area contributed by atoms with E-state index < -0.39 is 0 Å². The first-order chi connectivity index (χ1) is 8.72. The predicted octanol–water partition coefficient (Wildman–Crippen LogP) is 3.13. The van der Waals surface area contributed by atoms with Gasteiger partial charge in [-0.1, -0.05) is 20.3 Å². The Balaban J connectivity index is 2.90. The minimum absolute atomic E-state index is 0.905. The molecule has 3 nitrogen and oxygen atoms in total. The summed E-state index contributed by atoms with van der Waals surface area (Å²) in [4.78, 5) is 6.89.